The van der Waals surface area contributed by atoms with Crippen molar-refractivity contribution in [2.45, 2.75) is 50.0 Å². The largest absolute Gasteiger partial charge is 0.348 e. The molecule has 2 aromatic carbocycles. The number of hydrogen-bond acceptors (Lipinski definition) is 4. The van der Waals surface area contributed by atoms with Crippen LogP contribution in [0.25, 0.3) is 0 Å². The van der Waals surface area contributed by atoms with Crippen LogP contribution in [0, 0.1) is 0 Å². The molecule has 1 N–H and O–H groups in total. The first kappa shape index (κ1) is 23.7. The standard InChI is InChI=1S/C24H28ClN3O4S/c25-21-12-9-19(16-22(21)33(31,32)27-13-3-1-2-4-14-27)24(30)26-17-18-7-10-20(11-8-18)28-15-5-6-23(28)29/h7-12,16H,1-6,13-15,17H2,(H,26,30). The number of hydrogen-bond donors (Lipinski definition) is 1. The maximum absolute atomic E-state index is 13.2. The van der Waals surface area contributed by atoms with Gasteiger partial charge in [0, 0.05) is 43.9 Å². The molecule has 0 aliphatic carbocycles. The van der Waals surface area contributed by atoms with Crippen molar-refractivity contribution in [3.63, 3.8) is 0 Å². The van der Waals surface area contributed by atoms with Crippen molar-refractivity contribution in [2.24, 2.45) is 0 Å². The minimum absolute atomic E-state index is 0.0293. The van der Waals surface area contributed by atoms with Crippen LogP contribution in [-0.2, 0) is 21.4 Å². The van der Waals surface area contributed by atoms with Crippen molar-refractivity contribution < 1.29 is 18.0 Å². The predicted molar refractivity (Wildman–Crippen MR) is 128 cm³/mol. The van der Waals surface area contributed by atoms with Gasteiger partial charge >= 0.3 is 0 Å². The first-order valence-corrected chi connectivity index (χ1v) is 13.2. The smallest absolute Gasteiger partial charge is 0.251 e. The van der Waals surface area contributed by atoms with Crippen molar-refractivity contribution in [2.75, 3.05) is 24.5 Å². The fraction of sp³-hybridized carbons (Fsp3) is 0.417. The average molecular weight is 490 g/mol. The molecule has 2 saturated heterocycles. The molecule has 0 aromatic heterocycles. The van der Waals surface area contributed by atoms with E-state index < -0.39 is 10.0 Å². The van der Waals surface area contributed by atoms with Crippen LogP contribution in [0.3, 0.4) is 0 Å². The lowest BCUT2D eigenvalue weighted by Crippen LogP contribution is -2.32. The van der Waals surface area contributed by atoms with Gasteiger partial charge in [-0.25, -0.2) is 8.42 Å². The molecule has 2 aliphatic rings. The summed E-state index contributed by atoms with van der Waals surface area (Å²) in [5.41, 5.74) is 1.98. The summed E-state index contributed by atoms with van der Waals surface area (Å²) in [5, 5.41) is 2.94. The number of sulfonamides is 1. The molecule has 2 aromatic rings. The summed E-state index contributed by atoms with van der Waals surface area (Å²) in [6.45, 7) is 1.94. The van der Waals surface area contributed by atoms with Crippen molar-refractivity contribution in [3.8, 4) is 0 Å². The highest BCUT2D eigenvalue weighted by atomic mass is 35.5. The number of anilines is 1. The summed E-state index contributed by atoms with van der Waals surface area (Å²) in [4.78, 5) is 26.4. The van der Waals surface area contributed by atoms with E-state index >= 15 is 0 Å². The Morgan fingerprint density at radius 3 is 2.27 bits per heavy atom. The third kappa shape index (κ3) is 5.39. The van der Waals surface area contributed by atoms with Crippen LogP contribution in [0.15, 0.2) is 47.4 Å². The molecule has 0 radical (unpaired) electrons. The Morgan fingerprint density at radius 1 is 0.939 bits per heavy atom. The molecule has 4 rings (SSSR count). The van der Waals surface area contributed by atoms with E-state index in [1.165, 1.54) is 22.5 Å². The van der Waals surface area contributed by atoms with Gasteiger partial charge in [-0.15, -0.1) is 0 Å². The van der Waals surface area contributed by atoms with E-state index in [9.17, 15) is 18.0 Å². The van der Waals surface area contributed by atoms with Gasteiger partial charge < -0.3 is 10.2 Å². The Morgan fingerprint density at radius 2 is 1.64 bits per heavy atom. The summed E-state index contributed by atoms with van der Waals surface area (Å²) in [6.07, 6.45) is 5.11. The van der Waals surface area contributed by atoms with E-state index in [0.717, 1.165) is 49.9 Å². The number of amides is 2. The zero-order valence-electron chi connectivity index (χ0n) is 18.4. The van der Waals surface area contributed by atoms with Crippen molar-refractivity contribution in [3.05, 3.63) is 58.6 Å². The van der Waals surface area contributed by atoms with Crippen LogP contribution in [0.2, 0.25) is 5.02 Å². The molecule has 0 unspecified atom stereocenters. The Labute approximate surface area is 199 Å². The molecule has 7 nitrogen and oxygen atoms in total. The number of halogens is 1. The van der Waals surface area contributed by atoms with Gasteiger partial charge in [-0.05, 0) is 55.2 Å². The second-order valence-corrected chi connectivity index (χ2v) is 10.8. The zero-order chi connectivity index (χ0) is 23.4. The Kier molecular flexibility index (Phi) is 7.36. The highest BCUT2D eigenvalue weighted by Crippen LogP contribution is 2.28. The van der Waals surface area contributed by atoms with Gasteiger partial charge in [0.25, 0.3) is 5.91 Å². The summed E-state index contributed by atoms with van der Waals surface area (Å²) in [7, 11) is -3.77. The molecule has 0 saturated carbocycles. The van der Waals surface area contributed by atoms with E-state index in [2.05, 4.69) is 5.32 Å². The molecule has 9 heteroatoms. The Bertz CT molecular complexity index is 1130. The lowest BCUT2D eigenvalue weighted by atomic mass is 10.1. The first-order chi connectivity index (χ1) is 15.9. The molecule has 0 atom stereocenters. The Hall–Kier alpha value is -2.42. The van der Waals surface area contributed by atoms with Crippen LogP contribution >= 0.6 is 11.6 Å². The van der Waals surface area contributed by atoms with Gasteiger partial charge in [-0.3, -0.25) is 9.59 Å². The summed E-state index contributed by atoms with van der Waals surface area (Å²) in [6, 6.07) is 11.8. The normalized spacial score (nSPS) is 17.7. The molecular formula is C24H28ClN3O4S. The molecular weight excluding hydrogens is 462 g/mol. The number of nitrogens with one attached hydrogen (secondary N) is 1. The summed E-state index contributed by atoms with van der Waals surface area (Å²) < 4.78 is 27.8. The van der Waals surface area contributed by atoms with E-state index in [1.807, 2.05) is 24.3 Å². The van der Waals surface area contributed by atoms with Gasteiger partial charge in [0.2, 0.25) is 15.9 Å². The fourth-order valence-corrected chi connectivity index (χ4v) is 6.28. The average Bonchev–Trinajstić information content (AvgIpc) is 3.06. The number of nitrogens with zero attached hydrogens (tertiary/aromatic N) is 2. The minimum atomic E-state index is -3.77. The minimum Gasteiger partial charge on any atom is -0.348 e. The van der Waals surface area contributed by atoms with Crippen molar-refractivity contribution in [1.29, 1.82) is 0 Å². The molecule has 0 spiro atoms. The lowest BCUT2D eigenvalue weighted by Gasteiger charge is -2.21. The van der Waals surface area contributed by atoms with Crippen LogP contribution in [0.4, 0.5) is 5.69 Å². The highest BCUT2D eigenvalue weighted by Gasteiger charge is 2.28. The molecule has 2 heterocycles. The summed E-state index contributed by atoms with van der Waals surface area (Å²) >= 11 is 6.23. The van der Waals surface area contributed by atoms with Crippen LogP contribution in [-0.4, -0.2) is 44.2 Å². The molecule has 33 heavy (non-hydrogen) atoms. The second kappa shape index (κ2) is 10.2. The molecule has 2 amide bonds. The van der Waals surface area contributed by atoms with Crippen LogP contribution in [0.5, 0.6) is 0 Å². The SMILES string of the molecule is O=C(NCc1ccc(N2CCCC2=O)cc1)c1ccc(Cl)c(S(=O)(=O)N2CCCCCC2)c1. The van der Waals surface area contributed by atoms with Gasteiger partial charge in [-0.2, -0.15) is 4.31 Å². The number of carbonyl (C=O) groups is 2. The lowest BCUT2D eigenvalue weighted by molar-refractivity contribution is -0.117. The zero-order valence-corrected chi connectivity index (χ0v) is 20.0. The Balaban J connectivity index is 1.44. The van der Waals surface area contributed by atoms with Gasteiger partial charge in [0.15, 0.2) is 0 Å². The van der Waals surface area contributed by atoms with Gasteiger partial charge in [0.05, 0.1) is 5.02 Å². The topological polar surface area (TPSA) is 86.8 Å². The summed E-state index contributed by atoms with van der Waals surface area (Å²) in [5.74, 6) is -0.248. The second-order valence-electron chi connectivity index (χ2n) is 8.46. The highest BCUT2D eigenvalue weighted by molar-refractivity contribution is 7.89. The third-order valence-electron chi connectivity index (χ3n) is 6.15. The molecule has 2 aliphatic heterocycles. The van der Waals surface area contributed by atoms with E-state index in [0.29, 0.717) is 19.5 Å². The molecule has 176 valence electrons. The van der Waals surface area contributed by atoms with E-state index in [-0.39, 0.29) is 33.8 Å². The van der Waals surface area contributed by atoms with Gasteiger partial charge in [0.1, 0.15) is 4.90 Å². The number of carbonyl (C=O) groups excluding carboxylic acids is 2. The monoisotopic (exact) mass is 489 g/mol. The van der Waals surface area contributed by atoms with Crippen LogP contribution in [0.1, 0.15) is 54.4 Å². The van der Waals surface area contributed by atoms with Crippen molar-refractivity contribution in [1.82, 2.24) is 9.62 Å². The maximum Gasteiger partial charge on any atom is 0.251 e. The quantitative estimate of drug-likeness (QED) is 0.665. The third-order valence-corrected chi connectivity index (χ3v) is 8.53. The molecule has 2 fully saturated rings. The van der Waals surface area contributed by atoms with Crippen molar-refractivity contribution >= 4 is 39.1 Å². The predicted octanol–water partition coefficient (Wildman–Crippen LogP) is 3.96. The van der Waals surface area contributed by atoms with Crippen LogP contribution < -0.4 is 10.2 Å². The van der Waals surface area contributed by atoms with E-state index in [4.69, 9.17) is 11.6 Å². The fourth-order valence-electron chi connectivity index (χ4n) is 4.26. The van der Waals surface area contributed by atoms with E-state index in [1.54, 1.807) is 4.90 Å². The molecule has 0 bridgehead atoms. The maximum atomic E-state index is 13.2. The van der Waals surface area contributed by atoms with Gasteiger partial charge in [-0.1, -0.05) is 36.6 Å². The first-order valence-electron chi connectivity index (χ1n) is 11.3. The number of benzene rings is 2. The number of rotatable bonds is 6.